The van der Waals surface area contributed by atoms with Gasteiger partial charge in [0, 0.05) is 20.4 Å². The summed E-state index contributed by atoms with van der Waals surface area (Å²) < 4.78 is 10.4. The molecule has 4 rings (SSSR count). The van der Waals surface area contributed by atoms with E-state index < -0.39 is 0 Å². The molecular weight excluding hydrogens is 268 g/mol. The highest BCUT2D eigenvalue weighted by Gasteiger charge is 2.27. The smallest absolute Gasteiger partial charge is 0.113 e. The fourth-order valence-corrected chi connectivity index (χ4v) is 5.54. The third-order valence-corrected chi connectivity index (χ3v) is 6.16. The number of fused-ring (bicyclic) bond motifs is 6. The van der Waals surface area contributed by atoms with E-state index in [-0.39, 0.29) is 0 Å². The maximum absolute atomic E-state index is 4.51. The van der Waals surface area contributed by atoms with Crippen LogP contribution in [0.3, 0.4) is 0 Å². The monoisotopic (exact) mass is 278 g/mol. The normalized spacial score (nSPS) is 19.3. The Morgan fingerprint density at radius 2 is 2.12 bits per heavy atom. The summed E-state index contributed by atoms with van der Waals surface area (Å²) in [7, 11) is 0. The van der Waals surface area contributed by atoms with Gasteiger partial charge in [-0.2, -0.15) is 8.75 Å². The van der Waals surface area contributed by atoms with Gasteiger partial charge in [-0.1, -0.05) is 6.92 Å². The molecule has 0 saturated heterocycles. The molecule has 1 aliphatic heterocycles. The molecule has 1 unspecified atom stereocenters. The first-order valence-electron chi connectivity index (χ1n) is 5.58. The van der Waals surface area contributed by atoms with E-state index in [9.17, 15) is 0 Å². The van der Waals surface area contributed by atoms with Crippen molar-refractivity contribution in [3.05, 3.63) is 16.5 Å². The van der Waals surface area contributed by atoms with Crippen molar-refractivity contribution in [2.45, 2.75) is 30.4 Å². The zero-order valence-electron chi connectivity index (χ0n) is 9.48. The van der Waals surface area contributed by atoms with Crippen LogP contribution in [0.4, 0.5) is 0 Å². The van der Waals surface area contributed by atoms with Crippen molar-refractivity contribution in [1.29, 1.82) is 0 Å². The summed E-state index contributed by atoms with van der Waals surface area (Å²) in [5.74, 6) is 0. The molecule has 2 nitrogen and oxygen atoms in total. The topological polar surface area (TPSA) is 25.8 Å². The first-order valence-corrected chi connectivity index (χ1v) is 8.00. The van der Waals surface area contributed by atoms with Crippen molar-refractivity contribution < 1.29 is 0 Å². The third-order valence-electron chi connectivity index (χ3n) is 3.18. The lowest BCUT2D eigenvalue weighted by Crippen LogP contribution is -1.92. The number of thioether (sulfide) groups is 1. The Morgan fingerprint density at radius 1 is 1.29 bits per heavy atom. The molecule has 0 amide bonds. The van der Waals surface area contributed by atoms with Gasteiger partial charge >= 0.3 is 0 Å². The van der Waals surface area contributed by atoms with Crippen molar-refractivity contribution >= 4 is 55.9 Å². The van der Waals surface area contributed by atoms with Crippen LogP contribution >= 0.6 is 34.8 Å². The molecule has 0 aliphatic carbocycles. The van der Waals surface area contributed by atoms with Gasteiger partial charge in [0.2, 0.25) is 0 Å². The van der Waals surface area contributed by atoms with Crippen LogP contribution in [0.5, 0.6) is 0 Å². The van der Waals surface area contributed by atoms with Crippen LogP contribution in [-0.2, 0) is 6.42 Å². The molecule has 1 atom stereocenters. The van der Waals surface area contributed by atoms with E-state index >= 15 is 0 Å². The van der Waals surface area contributed by atoms with Crippen LogP contribution < -0.4 is 0 Å². The average molecular weight is 278 g/mol. The molecule has 0 fully saturated rings. The lowest BCUT2D eigenvalue weighted by molar-refractivity contribution is 0.969. The number of thiophene rings is 1. The van der Waals surface area contributed by atoms with Gasteiger partial charge in [0.15, 0.2) is 0 Å². The van der Waals surface area contributed by atoms with Crippen LogP contribution in [0.2, 0.25) is 0 Å². The molecule has 2 aromatic heterocycles. The molecule has 5 heteroatoms. The molecule has 1 aliphatic rings. The number of rotatable bonds is 0. The van der Waals surface area contributed by atoms with Crippen LogP contribution in [0, 0.1) is 6.92 Å². The summed E-state index contributed by atoms with van der Waals surface area (Å²) in [5.41, 5.74) is 3.69. The van der Waals surface area contributed by atoms with E-state index in [2.05, 4.69) is 28.7 Å². The van der Waals surface area contributed by atoms with E-state index in [4.69, 9.17) is 0 Å². The minimum absolute atomic E-state index is 0.669. The molecule has 17 heavy (non-hydrogen) atoms. The Balaban J connectivity index is 2.26. The Kier molecular flexibility index (Phi) is 2.08. The maximum atomic E-state index is 4.51. The van der Waals surface area contributed by atoms with Crippen LogP contribution in [0.15, 0.2) is 11.0 Å². The SMILES string of the molecule is Cc1cc2c(s1)c1c(c3nsnc32)CC(C)S1. The minimum Gasteiger partial charge on any atom is -0.173 e. The second-order valence-corrected chi connectivity index (χ2v) is 7.74. The number of benzene rings is 1. The van der Waals surface area contributed by atoms with Crippen LogP contribution in [0.25, 0.3) is 21.1 Å². The van der Waals surface area contributed by atoms with Crippen molar-refractivity contribution in [2.75, 3.05) is 0 Å². The van der Waals surface area contributed by atoms with Crippen molar-refractivity contribution in [3.8, 4) is 0 Å². The Labute approximate surface area is 111 Å². The number of aryl methyl sites for hydroxylation is 1. The zero-order chi connectivity index (χ0) is 11.6. The standard InChI is InChI=1S/C12H10N2S3/c1-5-3-7-9-10(14-17-13-9)8-4-6(2)16-12(8)11(7)15-5/h3,6H,4H2,1-2H3. The van der Waals surface area contributed by atoms with Gasteiger partial charge in [-0.25, -0.2) is 0 Å². The van der Waals surface area contributed by atoms with Crippen molar-refractivity contribution in [2.24, 2.45) is 0 Å². The van der Waals surface area contributed by atoms with Crippen LogP contribution in [0.1, 0.15) is 17.4 Å². The lowest BCUT2D eigenvalue weighted by Gasteiger charge is -2.00. The molecule has 0 N–H and O–H groups in total. The maximum Gasteiger partial charge on any atom is 0.113 e. The number of nitrogens with zero attached hydrogens (tertiary/aromatic N) is 2. The first kappa shape index (κ1) is 10.3. The molecule has 3 heterocycles. The zero-order valence-corrected chi connectivity index (χ0v) is 11.9. The highest BCUT2D eigenvalue weighted by atomic mass is 32.2. The van der Waals surface area contributed by atoms with Gasteiger partial charge in [-0.3, -0.25) is 0 Å². The van der Waals surface area contributed by atoms with Crippen molar-refractivity contribution in [3.63, 3.8) is 0 Å². The summed E-state index contributed by atoms with van der Waals surface area (Å²) in [6.07, 6.45) is 1.13. The Bertz CT molecular complexity index is 741. The molecular formula is C12H10N2S3. The van der Waals surface area contributed by atoms with E-state index in [1.54, 1.807) is 0 Å². The van der Waals surface area contributed by atoms with Gasteiger partial charge in [0.05, 0.1) is 16.4 Å². The van der Waals surface area contributed by atoms with Gasteiger partial charge in [-0.05, 0) is 25.0 Å². The molecule has 3 aromatic rings. The summed E-state index contributed by atoms with van der Waals surface area (Å²) in [4.78, 5) is 2.83. The molecule has 0 saturated carbocycles. The second-order valence-electron chi connectivity index (χ2n) is 4.50. The quantitative estimate of drug-likeness (QED) is 0.615. The highest BCUT2D eigenvalue weighted by molar-refractivity contribution is 8.00. The number of hydrogen-bond acceptors (Lipinski definition) is 5. The van der Waals surface area contributed by atoms with Gasteiger partial charge in [-0.15, -0.1) is 23.1 Å². The fourth-order valence-electron chi connectivity index (χ4n) is 2.51. The van der Waals surface area contributed by atoms with Crippen LogP contribution in [-0.4, -0.2) is 14.0 Å². The average Bonchev–Trinajstić information content (AvgIpc) is 2.91. The second kappa shape index (κ2) is 3.43. The molecule has 86 valence electrons. The lowest BCUT2D eigenvalue weighted by atomic mass is 10.1. The van der Waals surface area contributed by atoms with Gasteiger partial charge < -0.3 is 0 Å². The summed E-state index contributed by atoms with van der Waals surface area (Å²) in [6, 6.07) is 2.26. The predicted octanol–water partition coefficient (Wildman–Crippen LogP) is 4.25. The third kappa shape index (κ3) is 1.33. The van der Waals surface area contributed by atoms with Gasteiger partial charge in [0.1, 0.15) is 11.0 Å². The Hall–Kier alpha value is -0.650. The largest absolute Gasteiger partial charge is 0.173 e. The summed E-state index contributed by atoms with van der Waals surface area (Å²) >= 11 is 5.23. The van der Waals surface area contributed by atoms with E-state index in [1.807, 2.05) is 23.1 Å². The summed E-state index contributed by atoms with van der Waals surface area (Å²) in [6.45, 7) is 4.47. The van der Waals surface area contributed by atoms with E-state index in [0.29, 0.717) is 5.25 Å². The number of aromatic nitrogens is 2. The Morgan fingerprint density at radius 3 is 3.00 bits per heavy atom. The molecule has 1 aromatic carbocycles. The highest BCUT2D eigenvalue weighted by Crippen LogP contribution is 2.48. The van der Waals surface area contributed by atoms with E-state index in [0.717, 1.165) is 17.5 Å². The van der Waals surface area contributed by atoms with Crippen molar-refractivity contribution in [1.82, 2.24) is 8.75 Å². The predicted molar refractivity (Wildman–Crippen MR) is 76.6 cm³/mol. The minimum atomic E-state index is 0.669. The summed E-state index contributed by atoms with van der Waals surface area (Å²) in [5, 5.41) is 1.97. The van der Waals surface area contributed by atoms with E-state index in [1.165, 1.54) is 37.2 Å². The molecule has 0 radical (unpaired) electrons. The molecule has 0 spiro atoms. The number of hydrogen-bond donors (Lipinski definition) is 0. The fraction of sp³-hybridized carbons (Fsp3) is 0.333. The first-order chi connectivity index (χ1) is 8.24. The molecule has 0 bridgehead atoms. The van der Waals surface area contributed by atoms with Gasteiger partial charge in [0.25, 0.3) is 0 Å².